The molecule has 1 fully saturated rings. The van der Waals surface area contributed by atoms with E-state index >= 15 is 0 Å². The smallest absolute Gasteiger partial charge is 0.332 e. The van der Waals surface area contributed by atoms with Crippen molar-refractivity contribution < 1.29 is 19.0 Å². The molecule has 2 rings (SSSR count). The molecule has 0 bridgehead atoms. The summed E-state index contributed by atoms with van der Waals surface area (Å²) < 4.78 is 15.8. The molecule has 0 radical (unpaired) electrons. The summed E-state index contributed by atoms with van der Waals surface area (Å²) in [7, 11) is 1.61. The molecule has 1 N–H and O–H groups in total. The Labute approximate surface area is 119 Å². The molecule has 0 amide bonds. The Bertz CT molecular complexity index is 430. The van der Waals surface area contributed by atoms with E-state index in [1.165, 1.54) is 0 Å². The van der Waals surface area contributed by atoms with Crippen molar-refractivity contribution in [1.29, 1.82) is 0 Å². The molecule has 110 valence electrons. The van der Waals surface area contributed by atoms with Crippen LogP contribution < -0.4 is 10.1 Å². The number of hydrogen-bond acceptors (Lipinski definition) is 5. The fourth-order valence-corrected chi connectivity index (χ4v) is 2.12. The van der Waals surface area contributed by atoms with E-state index in [0.717, 1.165) is 37.2 Å². The van der Waals surface area contributed by atoms with Gasteiger partial charge in [-0.15, -0.1) is 0 Å². The molecule has 5 nitrogen and oxygen atoms in total. The molecule has 1 aromatic rings. The zero-order chi connectivity index (χ0) is 14.2. The molecule has 1 aromatic carbocycles. The Balaban J connectivity index is 1.68. The van der Waals surface area contributed by atoms with Crippen LogP contribution in [0.4, 0.5) is 0 Å². The first-order valence-electron chi connectivity index (χ1n) is 6.89. The number of methoxy groups -OCH3 is 1. The number of carbonyl (C=O) groups is 1. The summed E-state index contributed by atoms with van der Waals surface area (Å²) in [5.41, 5.74) is 0.902. The summed E-state index contributed by atoms with van der Waals surface area (Å²) in [5.74, 6) is 0.427. The second-order valence-corrected chi connectivity index (χ2v) is 4.77. The lowest BCUT2D eigenvalue weighted by atomic mass is 10.1. The van der Waals surface area contributed by atoms with Crippen molar-refractivity contribution >= 4 is 5.97 Å². The maximum atomic E-state index is 11.6. The molecule has 5 heteroatoms. The van der Waals surface area contributed by atoms with Gasteiger partial charge in [0.15, 0.2) is 0 Å². The quantitative estimate of drug-likeness (QED) is 0.800. The lowest BCUT2D eigenvalue weighted by Gasteiger charge is -2.22. The summed E-state index contributed by atoms with van der Waals surface area (Å²) in [6.45, 7) is 2.16. The van der Waals surface area contributed by atoms with Crippen molar-refractivity contribution in [3.63, 3.8) is 0 Å². The number of hydrogen-bond donors (Lipinski definition) is 1. The second kappa shape index (κ2) is 7.87. The van der Waals surface area contributed by atoms with E-state index in [-0.39, 0.29) is 25.3 Å². The van der Waals surface area contributed by atoms with E-state index in [9.17, 15) is 4.79 Å². The summed E-state index contributed by atoms with van der Waals surface area (Å²) in [5, 5.41) is 3.25. The molecule has 0 spiro atoms. The van der Waals surface area contributed by atoms with Crippen molar-refractivity contribution in [3.05, 3.63) is 29.8 Å². The fourth-order valence-electron chi connectivity index (χ4n) is 2.12. The van der Waals surface area contributed by atoms with E-state index in [4.69, 9.17) is 14.2 Å². The summed E-state index contributed by atoms with van der Waals surface area (Å²) in [6.07, 6.45) is 2.06. The van der Waals surface area contributed by atoms with Gasteiger partial charge in [0.05, 0.1) is 13.2 Å². The number of nitrogens with one attached hydrogen (secondary N) is 1. The highest BCUT2D eigenvalue weighted by molar-refractivity contribution is 5.70. The molecular weight excluding hydrogens is 258 g/mol. The SMILES string of the molecule is COc1cccc(COC(=O)COC2CCNCC2)c1. The van der Waals surface area contributed by atoms with E-state index in [2.05, 4.69) is 5.32 Å². The van der Waals surface area contributed by atoms with E-state index < -0.39 is 0 Å². The first-order valence-corrected chi connectivity index (χ1v) is 6.89. The summed E-state index contributed by atoms with van der Waals surface area (Å²) in [6, 6.07) is 7.46. The minimum Gasteiger partial charge on any atom is -0.497 e. The lowest BCUT2D eigenvalue weighted by Crippen LogP contribution is -2.33. The fraction of sp³-hybridized carbons (Fsp3) is 0.533. The van der Waals surface area contributed by atoms with Gasteiger partial charge in [-0.05, 0) is 43.6 Å². The predicted molar refractivity (Wildman–Crippen MR) is 74.6 cm³/mol. The third-order valence-electron chi connectivity index (χ3n) is 3.26. The number of ether oxygens (including phenoxy) is 3. The Hall–Kier alpha value is -1.59. The molecule has 0 aliphatic carbocycles. The molecule has 20 heavy (non-hydrogen) atoms. The van der Waals surface area contributed by atoms with Gasteiger partial charge in [0.2, 0.25) is 0 Å². The van der Waals surface area contributed by atoms with Gasteiger partial charge in [0.1, 0.15) is 19.0 Å². The largest absolute Gasteiger partial charge is 0.497 e. The zero-order valence-electron chi connectivity index (χ0n) is 11.8. The van der Waals surface area contributed by atoms with Gasteiger partial charge in [0, 0.05) is 0 Å². The van der Waals surface area contributed by atoms with Crippen LogP contribution in [-0.4, -0.2) is 38.9 Å². The van der Waals surface area contributed by atoms with Gasteiger partial charge in [-0.1, -0.05) is 12.1 Å². The molecule has 1 heterocycles. The highest BCUT2D eigenvalue weighted by Gasteiger charge is 2.15. The monoisotopic (exact) mass is 279 g/mol. The van der Waals surface area contributed by atoms with Crippen LogP contribution >= 0.6 is 0 Å². The molecule has 1 saturated heterocycles. The van der Waals surface area contributed by atoms with Crippen molar-refractivity contribution in [2.75, 3.05) is 26.8 Å². The second-order valence-electron chi connectivity index (χ2n) is 4.77. The van der Waals surface area contributed by atoms with Crippen molar-refractivity contribution in [3.8, 4) is 5.75 Å². The van der Waals surface area contributed by atoms with Gasteiger partial charge in [-0.2, -0.15) is 0 Å². The molecule has 0 saturated carbocycles. The van der Waals surface area contributed by atoms with Gasteiger partial charge in [0.25, 0.3) is 0 Å². The maximum Gasteiger partial charge on any atom is 0.332 e. The molecular formula is C15H21NO4. The van der Waals surface area contributed by atoms with E-state index in [1.54, 1.807) is 7.11 Å². The molecule has 0 atom stereocenters. The van der Waals surface area contributed by atoms with E-state index in [1.807, 2.05) is 24.3 Å². The number of carbonyl (C=O) groups excluding carboxylic acids is 1. The number of piperidine rings is 1. The predicted octanol–water partition coefficient (Wildman–Crippen LogP) is 1.51. The molecule has 1 aliphatic rings. The van der Waals surface area contributed by atoms with Crippen LogP contribution in [0, 0.1) is 0 Å². The van der Waals surface area contributed by atoms with Crippen LogP contribution in [0.15, 0.2) is 24.3 Å². The maximum absolute atomic E-state index is 11.6. The highest BCUT2D eigenvalue weighted by Crippen LogP contribution is 2.13. The minimum absolute atomic E-state index is 0.0225. The van der Waals surface area contributed by atoms with Gasteiger partial charge in [-0.25, -0.2) is 4.79 Å². The third-order valence-corrected chi connectivity index (χ3v) is 3.26. The van der Waals surface area contributed by atoms with Gasteiger partial charge >= 0.3 is 5.97 Å². The lowest BCUT2D eigenvalue weighted by molar-refractivity contribution is -0.152. The first-order chi connectivity index (χ1) is 9.78. The Morgan fingerprint density at radius 2 is 2.15 bits per heavy atom. The first kappa shape index (κ1) is 14.8. The van der Waals surface area contributed by atoms with Gasteiger partial charge < -0.3 is 19.5 Å². The van der Waals surface area contributed by atoms with Crippen molar-refractivity contribution in [2.45, 2.75) is 25.6 Å². The van der Waals surface area contributed by atoms with Gasteiger partial charge in [-0.3, -0.25) is 0 Å². The van der Waals surface area contributed by atoms with Crippen LogP contribution in [0.25, 0.3) is 0 Å². The third kappa shape index (κ3) is 4.83. The topological polar surface area (TPSA) is 56.8 Å². The molecule has 1 aliphatic heterocycles. The summed E-state index contributed by atoms with van der Waals surface area (Å²) >= 11 is 0. The van der Waals surface area contributed by atoms with Crippen LogP contribution in [0.2, 0.25) is 0 Å². The molecule has 0 unspecified atom stereocenters. The van der Waals surface area contributed by atoms with Crippen LogP contribution in [0.1, 0.15) is 18.4 Å². The van der Waals surface area contributed by atoms with Crippen LogP contribution in [-0.2, 0) is 20.9 Å². The number of esters is 1. The Kier molecular flexibility index (Phi) is 5.83. The summed E-state index contributed by atoms with van der Waals surface area (Å²) in [4.78, 5) is 11.6. The Morgan fingerprint density at radius 3 is 2.90 bits per heavy atom. The Morgan fingerprint density at radius 1 is 1.35 bits per heavy atom. The highest BCUT2D eigenvalue weighted by atomic mass is 16.6. The van der Waals surface area contributed by atoms with Crippen LogP contribution in [0.5, 0.6) is 5.75 Å². The standard InChI is InChI=1S/C15H21NO4/c1-18-14-4-2-3-12(9-14)10-20-15(17)11-19-13-5-7-16-8-6-13/h2-4,9,13,16H,5-8,10-11H2,1H3. The van der Waals surface area contributed by atoms with Crippen LogP contribution in [0.3, 0.4) is 0 Å². The average Bonchev–Trinajstić information content (AvgIpc) is 2.52. The normalized spacial score (nSPS) is 15.8. The van der Waals surface area contributed by atoms with Crippen molar-refractivity contribution in [1.82, 2.24) is 5.32 Å². The van der Waals surface area contributed by atoms with E-state index in [0.29, 0.717) is 0 Å². The number of rotatable bonds is 6. The minimum atomic E-state index is -0.327. The zero-order valence-corrected chi connectivity index (χ0v) is 11.8. The molecule has 0 aromatic heterocycles. The average molecular weight is 279 g/mol. The van der Waals surface area contributed by atoms with Crippen molar-refractivity contribution in [2.24, 2.45) is 0 Å². The number of benzene rings is 1.